The Morgan fingerprint density at radius 1 is 1.22 bits per heavy atom. The van der Waals surface area contributed by atoms with Gasteiger partial charge in [0.1, 0.15) is 11.6 Å². The maximum Gasteiger partial charge on any atom is 0.248 e. The number of carbonyl (C=O) groups is 2. The molecule has 1 aliphatic carbocycles. The molecule has 1 heterocycles. The maximum absolute atomic E-state index is 12.6. The lowest BCUT2D eigenvalue weighted by molar-refractivity contribution is -0.158. The van der Waals surface area contributed by atoms with Crippen molar-refractivity contribution in [3.8, 4) is 0 Å². The lowest BCUT2D eigenvalue weighted by Gasteiger charge is -2.47. The van der Waals surface area contributed by atoms with E-state index in [0.29, 0.717) is 0 Å². The van der Waals surface area contributed by atoms with E-state index < -0.39 is 5.54 Å². The second-order valence-electron chi connectivity index (χ2n) is 6.45. The van der Waals surface area contributed by atoms with Crippen LogP contribution >= 0.6 is 0 Å². The lowest BCUT2D eigenvalue weighted by Crippen LogP contribution is -2.70. The molecule has 4 nitrogen and oxygen atoms in total. The molecule has 0 radical (unpaired) electrons. The van der Waals surface area contributed by atoms with Crippen molar-refractivity contribution in [2.45, 2.75) is 71.0 Å². The first-order chi connectivity index (χ1) is 8.34. The second kappa shape index (κ2) is 4.56. The largest absolute Gasteiger partial charge is 0.340 e. The van der Waals surface area contributed by atoms with E-state index in [-0.39, 0.29) is 29.8 Å². The number of rotatable bonds is 2. The molecule has 1 saturated heterocycles. The van der Waals surface area contributed by atoms with E-state index >= 15 is 0 Å². The highest BCUT2D eigenvalue weighted by Gasteiger charge is 2.48. The molecule has 1 unspecified atom stereocenters. The molecule has 2 rings (SSSR count). The standard InChI is InChI=1S/C14H24N2O2/c1-9(2)11-12(17)15-14(3,4)13(18)16(11)10-7-5-6-8-10/h9-11H,5-8H2,1-4H3,(H,15,17). The molecule has 1 atom stereocenters. The molecular weight excluding hydrogens is 228 g/mol. The average Bonchev–Trinajstić information content (AvgIpc) is 2.74. The van der Waals surface area contributed by atoms with Crippen LogP contribution in [-0.4, -0.2) is 34.3 Å². The van der Waals surface area contributed by atoms with Crippen LogP contribution in [0, 0.1) is 5.92 Å². The van der Waals surface area contributed by atoms with Gasteiger partial charge in [-0.2, -0.15) is 0 Å². The minimum absolute atomic E-state index is 0.00139. The molecule has 18 heavy (non-hydrogen) atoms. The minimum atomic E-state index is -0.759. The Morgan fingerprint density at radius 3 is 2.28 bits per heavy atom. The third kappa shape index (κ3) is 2.13. The highest BCUT2D eigenvalue weighted by Crippen LogP contribution is 2.32. The number of nitrogens with zero attached hydrogens (tertiary/aromatic N) is 1. The Morgan fingerprint density at radius 2 is 1.78 bits per heavy atom. The number of nitrogens with one attached hydrogen (secondary N) is 1. The van der Waals surface area contributed by atoms with E-state index in [1.165, 1.54) is 12.8 Å². The molecule has 0 aromatic carbocycles. The van der Waals surface area contributed by atoms with Gasteiger partial charge in [-0.3, -0.25) is 9.59 Å². The van der Waals surface area contributed by atoms with Crippen molar-refractivity contribution in [2.24, 2.45) is 5.92 Å². The normalized spacial score (nSPS) is 28.9. The summed E-state index contributed by atoms with van der Waals surface area (Å²) in [5.41, 5.74) is -0.759. The van der Waals surface area contributed by atoms with E-state index in [0.717, 1.165) is 12.8 Å². The Balaban J connectivity index is 2.33. The fourth-order valence-corrected chi connectivity index (χ4v) is 3.21. The summed E-state index contributed by atoms with van der Waals surface area (Å²) in [5, 5.41) is 2.86. The second-order valence-corrected chi connectivity index (χ2v) is 6.45. The summed E-state index contributed by atoms with van der Waals surface area (Å²) in [4.78, 5) is 26.8. The number of hydrogen-bond donors (Lipinski definition) is 1. The van der Waals surface area contributed by atoms with Crippen LogP contribution in [0.5, 0.6) is 0 Å². The van der Waals surface area contributed by atoms with Gasteiger partial charge in [0.2, 0.25) is 11.8 Å². The van der Waals surface area contributed by atoms with E-state index in [9.17, 15) is 9.59 Å². The summed E-state index contributed by atoms with van der Waals surface area (Å²) < 4.78 is 0. The Hall–Kier alpha value is -1.06. The molecule has 1 aliphatic heterocycles. The molecule has 0 aromatic rings. The van der Waals surface area contributed by atoms with Gasteiger partial charge in [0.15, 0.2) is 0 Å². The van der Waals surface area contributed by atoms with Crippen molar-refractivity contribution < 1.29 is 9.59 Å². The molecule has 1 saturated carbocycles. The zero-order chi connectivity index (χ0) is 13.5. The van der Waals surface area contributed by atoms with Gasteiger partial charge in [-0.25, -0.2) is 0 Å². The number of carbonyl (C=O) groups excluding carboxylic acids is 2. The molecule has 0 aromatic heterocycles. The molecule has 2 fully saturated rings. The van der Waals surface area contributed by atoms with Crippen LogP contribution in [-0.2, 0) is 9.59 Å². The summed E-state index contributed by atoms with van der Waals surface area (Å²) in [7, 11) is 0. The molecule has 2 aliphatic rings. The fourth-order valence-electron chi connectivity index (χ4n) is 3.21. The van der Waals surface area contributed by atoms with Crippen LogP contribution in [0.4, 0.5) is 0 Å². The third-order valence-electron chi connectivity index (χ3n) is 4.12. The van der Waals surface area contributed by atoms with Gasteiger partial charge in [-0.1, -0.05) is 26.7 Å². The zero-order valence-corrected chi connectivity index (χ0v) is 11.8. The summed E-state index contributed by atoms with van der Waals surface area (Å²) in [6.07, 6.45) is 4.42. The highest BCUT2D eigenvalue weighted by atomic mass is 16.2. The average molecular weight is 252 g/mol. The summed E-state index contributed by atoms with van der Waals surface area (Å²) in [5.74, 6) is 0.236. The van der Waals surface area contributed by atoms with E-state index in [1.807, 2.05) is 18.7 Å². The van der Waals surface area contributed by atoms with Crippen LogP contribution in [0.3, 0.4) is 0 Å². The molecular formula is C14H24N2O2. The van der Waals surface area contributed by atoms with Gasteiger partial charge in [-0.05, 0) is 32.6 Å². The van der Waals surface area contributed by atoms with Gasteiger partial charge >= 0.3 is 0 Å². The summed E-state index contributed by atoms with van der Waals surface area (Å²) in [6.45, 7) is 7.62. The van der Waals surface area contributed by atoms with E-state index in [1.54, 1.807) is 13.8 Å². The molecule has 4 heteroatoms. The predicted molar refractivity (Wildman–Crippen MR) is 69.9 cm³/mol. The third-order valence-corrected chi connectivity index (χ3v) is 4.12. The van der Waals surface area contributed by atoms with Crippen LogP contribution in [0.1, 0.15) is 53.4 Å². The molecule has 2 amide bonds. The summed E-state index contributed by atoms with van der Waals surface area (Å²) in [6, 6.07) is -0.0381. The van der Waals surface area contributed by atoms with Gasteiger partial charge in [0, 0.05) is 6.04 Å². The van der Waals surface area contributed by atoms with Crippen molar-refractivity contribution in [2.75, 3.05) is 0 Å². The van der Waals surface area contributed by atoms with Crippen LogP contribution < -0.4 is 5.32 Å². The number of amides is 2. The van der Waals surface area contributed by atoms with Crippen LogP contribution in [0.15, 0.2) is 0 Å². The van der Waals surface area contributed by atoms with Gasteiger partial charge in [0.25, 0.3) is 0 Å². The molecule has 0 spiro atoms. The SMILES string of the molecule is CC(C)C1C(=O)NC(C)(C)C(=O)N1C1CCCC1. The monoisotopic (exact) mass is 252 g/mol. The van der Waals surface area contributed by atoms with Crippen LogP contribution in [0.25, 0.3) is 0 Å². The van der Waals surface area contributed by atoms with Gasteiger partial charge in [-0.15, -0.1) is 0 Å². The van der Waals surface area contributed by atoms with Crippen molar-refractivity contribution in [1.82, 2.24) is 10.2 Å². The fraction of sp³-hybridized carbons (Fsp3) is 0.857. The van der Waals surface area contributed by atoms with Crippen molar-refractivity contribution in [3.05, 3.63) is 0 Å². The Labute approximate surface area is 109 Å². The van der Waals surface area contributed by atoms with Gasteiger partial charge < -0.3 is 10.2 Å². The minimum Gasteiger partial charge on any atom is -0.340 e. The van der Waals surface area contributed by atoms with Gasteiger partial charge in [0.05, 0.1) is 0 Å². The highest BCUT2D eigenvalue weighted by molar-refractivity contribution is 5.99. The lowest BCUT2D eigenvalue weighted by atomic mass is 9.89. The first kappa shape index (κ1) is 13.4. The molecule has 1 N–H and O–H groups in total. The van der Waals surface area contributed by atoms with Crippen molar-refractivity contribution in [3.63, 3.8) is 0 Å². The predicted octanol–water partition coefficient (Wildman–Crippen LogP) is 1.69. The van der Waals surface area contributed by atoms with Crippen molar-refractivity contribution >= 4 is 11.8 Å². The van der Waals surface area contributed by atoms with E-state index in [4.69, 9.17) is 0 Å². The zero-order valence-electron chi connectivity index (χ0n) is 11.8. The molecule has 0 bridgehead atoms. The summed E-state index contributed by atoms with van der Waals surface area (Å²) >= 11 is 0. The van der Waals surface area contributed by atoms with Crippen LogP contribution in [0.2, 0.25) is 0 Å². The quantitative estimate of drug-likeness (QED) is 0.813. The smallest absolute Gasteiger partial charge is 0.248 e. The first-order valence-corrected chi connectivity index (χ1v) is 6.99. The maximum atomic E-state index is 12.6. The number of hydrogen-bond acceptors (Lipinski definition) is 2. The Kier molecular flexibility index (Phi) is 3.39. The Bertz CT molecular complexity index is 357. The molecule has 102 valence electrons. The first-order valence-electron chi connectivity index (χ1n) is 6.99. The van der Waals surface area contributed by atoms with Crippen molar-refractivity contribution in [1.29, 1.82) is 0 Å². The van der Waals surface area contributed by atoms with E-state index in [2.05, 4.69) is 5.32 Å². The number of piperazine rings is 1. The topological polar surface area (TPSA) is 49.4 Å².